The van der Waals surface area contributed by atoms with Crippen LogP contribution < -0.4 is 0 Å². The van der Waals surface area contributed by atoms with Crippen molar-refractivity contribution < 1.29 is 20.1 Å². The van der Waals surface area contributed by atoms with Crippen LogP contribution in [0.3, 0.4) is 0 Å². The SMILES string of the molecule is O=[C]C(O)=C(O)c1ccccc1O. The van der Waals surface area contributed by atoms with Crippen LogP contribution in [0.5, 0.6) is 5.75 Å². The first-order chi connectivity index (χ1) is 6.16. The zero-order valence-electron chi connectivity index (χ0n) is 6.56. The quantitative estimate of drug-likeness (QED) is 0.472. The molecule has 67 valence electrons. The number of aromatic hydroxyl groups is 1. The van der Waals surface area contributed by atoms with E-state index in [1.54, 1.807) is 12.1 Å². The lowest BCUT2D eigenvalue weighted by molar-refractivity contribution is 0.394. The van der Waals surface area contributed by atoms with E-state index in [0.29, 0.717) is 0 Å². The van der Waals surface area contributed by atoms with Crippen LogP contribution in [0.1, 0.15) is 5.56 Å². The Kier molecular flexibility index (Phi) is 2.54. The highest BCUT2D eigenvalue weighted by Gasteiger charge is 2.10. The number of para-hydroxylation sites is 1. The van der Waals surface area contributed by atoms with Crippen LogP contribution in [0.15, 0.2) is 30.0 Å². The molecule has 0 unspecified atom stereocenters. The predicted octanol–water partition coefficient (Wildman–Crippen LogP) is 1.29. The molecule has 0 aliphatic rings. The summed E-state index contributed by atoms with van der Waals surface area (Å²) in [5.74, 6) is -1.84. The third-order valence-electron chi connectivity index (χ3n) is 1.48. The molecule has 0 aliphatic heterocycles. The van der Waals surface area contributed by atoms with Crippen molar-refractivity contribution in [2.24, 2.45) is 0 Å². The molecule has 4 heteroatoms. The summed E-state index contributed by atoms with van der Waals surface area (Å²) in [5, 5.41) is 27.2. The summed E-state index contributed by atoms with van der Waals surface area (Å²) >= 11 is 0. The van der Waals surface area contributed by atoms with Crippen LogP contribution in [-0.4, -0.2) is 21.6 Å². The Hall–Kier alpha value is -1.97. The molecule has 1 rings (SSSR count). The van der Waals surface area contributed by atoms with Gasteiger partial charge in [0.15, 0.2) is 5.76 Å². The lowest BCUT2D eigenvalue weighted by Crippen LogP contribution is -1.91. The normalized spacial score (nSPS) is 12.0. The van der Waals surface area contributed by atoms with Crippen LogP contribution in [0.2, 0.25) is 0 Å². The average Bonchev–Trinajstić information content (AvgIpc) is 2.16. The number of carbonyl (C=O) groups excluding carboxylic acids is 1. The Morgan fingerprint density at radius 3 is 2.38 bits per heavy atom. The second kappa shape index (κ2) is 3.62. The highest BCUT2D eigenvalue weighted by atomic mass is 16.3. The van der Waals surface area contributed by atoms with Gasteiger partial charge in [-0.1, -0.05) is 12.1 Å². The van der Waals surface area contributed by atoms with Gasteiger partial charge in [-0.3, -0.25) is 4.79 Å². The summed E-state index contributed by atoms with van der Waals surface area (Å²) in [6.07, 6.45) is 1.11. The van der Waals surface area contributed by atoms with Crippen molar-refractivity contribution in [3.8, 4) is 5.75 Å². The van der Waals surface area contributed by atoms with Crippen molar-refractivity contribution in [3.63, 3.8) is 0 Å². The van der Waals surface area contributed by atoms with Crippen molar-refractivity contribution in [1.29, 1.82) is 0 Å². The maximum Gasteiger partial charge on any atom is 0.275 e. The van der Waals surface area contributed by atoms with Gasteiger partial charge < -0.3 is 15.3 Å². The van der Waals surface area contributed by atoms with Gasteiger partial charge in [0.05, 0.1) is 5.56 Å². The molecule has 13 heavy (non-hydrogen) atoms. The van der Waals surface area contributed by atoms with E-state index in [1.807, 2.05) is 0 Å². The number of phenolic OH excluding ortho intramolecular Hbond substituents is 1. The van der Waals surface area contributed by atoms with E-state index >= 15 is 0 Å². The van der Waals surface area contributed by atoms with Gasteiger partial charge in [0.1, 0.15) is 5.75 Å². The predicted molar refractivity (Wildman–Crippen MR) is 46.0 cm³/mol. The second-order valence-corrected chi connectivity index (χ2v) is 2.32. The minimum atomic E-state index is -0.929. The van der Waals surface area contributed by atoms with E-state index in [2.05, 4.69) is 0 Å². The minimum absolute atomic E-state index is 0.0108. The highest BCUT2D eigenvalue weighted by Crippen LogP contribution is 2.23. The number of aliphatic hydroxyl groups excluding tert-OH is 2. The number of aliphatic hydroxyl groups is 2. The number of rotatable bonds is 2. The Balaban J connectivity index is 3.23. The Morgan fingerprint density at radius 1 is 1.23 bits per heavy atom. The van der Waals surface area contributed by atoms with E-state index in [0.717, 1.165) is 6.29 Å². The van der Waals surface area contributed by atoms with E-state index in [-0.39, 0.29) is 11.3 Å². The fourth-order valence-corrected chi connectivity index (χ4v) is 0.850. The molecule has 0 amide bonds. The number of hydrogen-bond acceptors (Lipinski definition) is 4. The lowest BCUT2D eigenvalue weighted by atomic mass is 10.1. The third kappa shape index (κ3) is 1.79. The molecule has 0 spiro atoms. The molecule has 0 heterocycles. The van der Waals surface area contributed by atoms with Crippen molar-refractivity contribution in [2.45, 2.75) is 0 Å². The Morgan fingerprint density at radius 2 is 1.85 bits per heavy atom. The summed E-state index contributed by atoms with van der Waals surface area (Å²) in [6, 6.07) is 5.78. The van der Waals surface area contributed by atoms with Gasteiger partial charge in [0.2, 0.25) is 5.76 Å². The number of benzene rings is 1. The minimum Gasteiger partial charge on any atom is -0.507 e. The molecule has 4 nitrogen and oxygen atoms in total. The van der Waals surface area contributed by atoms with Gasteiger partial charge in [0.25, 0.3) is 6.29 Å². The molecule has 0 atom stereocenters. The van der Waals surface area contributed by atoms with Gasteiger partial charge in [-0.05, 0) is 12.1 Å². The van der Waals surface area contributed by atoms with E-state index in [1.165, 1.54) is 12.1 Å². The summed E-state index contributed by atoms with van der Waals surface area (Å²) < 4.78 is 0. The van der Waals surface area contributed by atoms with Crippen LogP contribution in [0, 0.1) is 0 Å². The van der Waals surface area contributed by atoms with Crippen LogP contribution in [-0.2, 0) is 4.79 Å². The number of phenols is 1. The van der Waals surface area contributed by atoms with Crippen molar-refractivity contribution in [1.82, 2.24) is 0 Å². The highest BCUT2D eigenvalue weighted by molar-refractivity contribution is 5.83. The second-order valence-electron chi connectivity index (χ2n) is 2.32. The molecule has 1 aromatic carbocycles. The first-order valence-electron chi connectivity index (χ1n) is 3.45. The molecule has 0 saturated heterocycles. The first-order valence-corrected chi connectivity index (χ1v) is 3.45. The molecule has 0 aromatic heterocycles. The smallest absolute Gasteiger partial charge is 0.275 e. The van der Waals surface area contributed by atoms with Crippen molar-refractivity contribution in [3.05, 3.63) is 35.6 Å². The summed E-state index contributed by atoms with van der Waals surface area (Å²) in [6.45, 7) is 0. The van der Waals surface area contributed by atoms with Gasteiger partial charge in [0, 0.05) is 0 Å². The Labute approximate surface area is 74.4 Å². The zero-order chi connectivity index (χ0) is 9.84. The van der Waals surface area contributed by atoms with E-state index < -0.39 is 11.5 Å². The maximum atomic E-state index is 9.96. The molecule has 3 N–H and O–H groups in total. The van der Waals surface area contributed by atoms with Crippen LogP contribution in [0.4, 0.5) is 0 Å². The number of allylic oxidation sites excluding steroid dienone is 1. The molecule has 0 aliphatic carbocycles. The molecular formula is C9H7O4. The largest absolute Gasteiger partial charge is 0.507 e. The average molecular weight is 179 g/mol. The molecule has 1 aromatic rings. The van der Waals surface area contributed by atoms with Crippen LogP contribution in [0.25, 0.3) is 5.76 Å². The summed E-state index contributed by atoms with van der Waals surface area (Å²) in [5.41, 5.74) is -0.0108. The van der Waals surface area contributed by atoms with Gasteiger partial charge in [-0.15, -0.1) is 0 Å². The molecule has 1 radical (unpaired) electrons. The fraction of sp³-hybridized carbons (Fsp3) is 0. The maximum absolute atomic E-state index is 9.96. The number of hydrogen-bond donors (Lipinski definition) is 3. The van der Waals surface area contributed by atoms with Gasteiger partial charge >= 0.3 is 0 Å². The topological polar surface area (TPSA) is 77.8 Å². The summed E-state index contributed by atoms with van der Waals surface area (Å²) in [4.78, 5) is 9.96. The van der Waals surface area contributed by atoms with Crippen LogP contribution >= 0.6 is 0 Å². The molecule has 0 fully saturated rings. The van der Waals surface area contributed by atoms with Crippen molar-refractivity contribution >= 4 is 12.0 Å². The fourth-order valence-electron chi connectivity index (χ4n) is 0.850. The molecule has 0 saturated carbocycles. The monoisotopic (exact) mass is 179 g/mol. The van der Waals surface area contributed by atoms with Gasteiger partial charge in [-0.25, -0.2) is 0 Å². The van der Waals surface area contributed by atoms with Gasteiger partial charge in [-0.2, -0.15) is 0 Å². The van der Waals surface area contributed by atoms with Crippen molar-refractivity contribution in [2.75, 3.05) is 0 Å². The Bertz CT molecular complexity index is 354. The zero-order valence-corrected chi connectivity index (χ0v) is 6.56. The summed E-state index contributed by atoms with van der Waals surface area (Å²) in [7, 11) is 0. The van der Waals surface area contributed by atoms with E-state index in [4.69, 9.17) is 5.11 Å². The first kappa shape index (κ1) is 9.12. The molecular weight excluding hydrogens is 172 g/mol. The van der Waals surface area contributed by atoms with E-state index in [9.17, 15) is 15.0 Å². The lowest BCUT2D eigenvalue weighted by Gasteiger charge is -2.02. The molecule has 0 bridgehead atoms. The third-order valence-corrected chi connectivity index (χ3v) is 1.48. The standard InChI is InChI=1S/C9H7O4/c10-5-8(12)9(13)6-3-1-2-4-7(6)11/h1-4,11-13H.